The van der Waals surface area contributed by atoms with Crippen LogP contribution in [0.2, 0.25) is 0 Å². The maximum absolute atomic E-state index is 11.4. The predicted molar refractivity (Wildman–Crippen MR) is 91.4 cm³/mol. The molecule has 1 N–H and O–H groups in total. The molecule has 0 radical (unpaired) electrons. The molecule has 0 atom stereocenters. The lowest BCUT2D eigenvalue weighted by molar-refractivity contribution is -0.393. The summed E-state index contributed by atoms with van der Waals surface area (Å²) in [7, 11) is 0. The van der Waals surface area contributed by atoms with E-state index in [9.17, 15) is 30.3 Å². The first kappa shape index (κ1) is 17.4. The molecule has 12 heteroatoms. The smallest absolute Gasteiger partial charge is 0.300 e. The molecule has 1 aliphatic heterocycles. The van der Waals surface area contributed by atoms with E-state index in [2.05, 4.69) is 5.32 Å². The highest BCUT2D eigenvalue weighted by molar-refractivity contribution is 7.99. The number of nitrogens with zero attached hydrogens (tertiary/aromatic N) is 3. The van der Waals surface area contributed by atoms with Gasteiger partial charge >= 0.3 is 5.69 Å². The Bertz CT molecular complexity index is 963. The second-order valence-corrected chi connectivity index (χ2v) is 6.17. The third-order valence-electron chi connectivity index (χ3n) is 3.51. The first-order valence-corrected chi connectivity index (χ1v) is 8.00. The number of nitro groups is 3. The summed E-state index contributed by atoms with van der Waals surface area (Å²) in [6, 6.07) is 4.76. The highest BCUT2D eigenvalue weighted by Crippen LogP contribution is 2.53. The Morgan fingerprint density at radius 3 is 2.04 bits per heavy atom. The average Bonchev–Trinajstić information content (AvgIpc) is 2.58. The number of hydrogen-bond acceptors (Lipinski definition) is 9. The molecule has 0 spiro atoms. The fourth-order valence-electron chi connectivity index (χ4n) is 2.46. The summed E-state index contributed by atoms with van der Waals surface area (Å²) in [6.07, 6.45) is 0. The van der Waals surface area contributed by atoms with Crippen LogP contribution >= 0.6 is 11.8 Å². The van der Waals surface area contributed by atoms with Gasteiger partial charge in [0, 0.05) is 15.9 Å². The van der Waals surface area contributed by atoms with Crippen molar-refractivity contribution in [2.45, 2.75) is 16.7 Å². The van der Waals surface area contributed by atoms with Gasteiger partial charge < -0.3 is 10.1 Å². The number of fused-ring (bicyclic) bond motifs is 2. The van der Waals surface area contributed by atoms with Gasteiger partial charge in [0.25, 0.3) is 11.4 Å². The van der Waals surface area contributed by atoms with Gasteiger partial charge in [0.15, 0.2) is 0 Å². The van der Waals surface area contributed by atoms with Crippen LogP contribution in [0.5, 0.6) is 5.75 Å². The zero-order valence-electron chi connectivity index (χ0n) is 13.1. The van der Waals surface area contributed by atoms with E-state index in [1.807, 2.05) is 0 Å². The first-order valence-electron chi connectivity index (χ1n) is 7.18. The van der Waals surface area contributed by atoms with E-state index in [1.165, 1.54) is 18.2 Å². The van der Waals surface area contributed by atoms with Crippen LogP contribution in [0, 0.1) is 30.3 Å². The largest absolute Gasteiger partial charge is 0.494 e. The van der Waals surface area contributed by atoms with Gasteiger partial charge in [0.2, 0.25) is 0 Å². The highest BCUT2D eigenvalue weighted by Gasteiger charge is 2.32. The topological polar surface area (TPSA) is 151 Å². The minimum atomic E-state index is -0.773. The number of nitrogens with one attached hydrogen (secondary N) is 1. The van der Waals surface area contributed by atoms with E-state index < -0.39 is 26.1 Å². The Balaban J connectivity index is 2.20. The molecule has 0 saturated carbocycles. The zero-order chi connectivity index (χ0) is 19.0. The summed E-state index contributed by atoms with van der Waals surface area (Å²) in [5.41, 5.74) is -1.23. The molecule has 0 amide bonds. The summed E-state index contributed by atoms with van der Waals surface area (Å²) < 4.78 is 5.31. The van der Waals surface area contributed by atoms with Crippen molar-refractivity contribution in [1.29, 1.82) is 0 Å². The fraction of sp³-hybridized carbons (Fsp3) is 0.143. The molecule has 134 valence electrons. The van der Waals surface area contributed by atoms with Crippen LogP contribution in [0.15, 0.2) is 34.1 Å². The Morgan fingerprint density at radius 1 is 0.923 bits per heavy atom. The molecule has 0 saturated heterocycles. The van der Waals surface area contributed by atoms with Crippen molar-refractivity contribution in [3.63, 3.8) is 0 Å². The molecular weight excluding hydrogens is 368 g/mol. The Morgan fingerprint density at radius 2 is 1.50 bits per heavy atom. The maximum atomic E-state index is 11.4. The average molecular weight is 378 g/mol. The van der Waals surface area contributed by atoms with Crippen LogP contribution in [0.25, 0.3) is 0 Å². The van der Waals surface area contributed by atoms with Gasteiger partial charge in [0.1, 0.15) is 17.1 Å². The SMILES string of the molecule is CCOc1cc2c(c([N+](=O)[O-])c1)Nc1c(cc([N+](=O)[O-])cc1[N+](=O)[O-])S2. The van der Waals surface area contributed by atoms with Crippen molar-refractivity contribution >= 4 is 40.2 Å². The standard InChI is InChI=1S/C14H10N4O7S/c1-2-25-8-5-10(18(23)24)14-12(6-8)26-11-4-7(16(19)20)3-9(17(21)22)13(11)15-14/h3-6,15H,2H2,1H3. The van der Waals surface area contributed by atoms with E-state index in [4.69, 9.17) is 4.74 Å². The van der Waals surface area contributed by atoms with Crippen LogP contribution in [-0.4, -0.2) is 21.4 Å². The van der Waals surface area contributed by atoms with Gasteiger partial charge in [-0.25, -0.2) is 0 Å². The molecule has 0 aromatic heterocycles. The second-order valence-electron chi connectivity index (χ2n) is 5.08. The normalized spacial score (nSPS) is 11.7. The lowest BCUT2D eigenvalue weighted by Gasteiger charge is -2.21. The molecule has 0 aliphatic carbocycles. The van der Waals surface area contributed by atoms with Gasteiger partial charge in [-0.2, -0.15) is 0 Å². The molecule has 2 aromatic carbocycles. The van der Waals surface area contributed by atoms with Crippen molar-refractivity contribution in [2.24, 2.45) is 0 Å². The minimum absolute atomic E-state index is 0.0228. The van der Waals surface area contributed by atoms with Crippen molar-refractivity contribution < 1.29 is 19.5 Å². The van der Waals surface area contributed by atoms with Gasteiger partial charge in [-0.05, 0) is 13.0 Å². The van der Waals surface area contributed by atoms with E-state index in [-0.39, 0.29) is 27.7 Å². The van der Waals surface area contributed by atoms with Crippen LogP contribution in [0.3, 0.4) is 0 Å². The van der Waals surface area contributed by atoms with Crippen molar-refractivity contribution in [3.05, 3.63) is 54.6 Å². The maximum Gasteiger partial charge on any atom is 0.300 e. The molecule has 26 heavy (non-hydrogen) atoms. The summed E-state index contributed by atoms with van der Waals surface area (Å²) in [6.45, 7) is 2.01. The van der Waals surface area contributed by atoms with Gasteiger partial charge in [-0.3, -0.25) is 30.3 Å². The third-order valence-corrected chi connectivity index (χ3v) is 4.59. The highest BCUT2D eigenvalue weighted by atomic mass is 32.2. The van der Waals surface area contributed by atoms with E-state index in [0.29, 0.717) is 11.5 Å². The second kappa shape index (κ2) is 6.48. The van der Waals surface area contributed by atoms with Crippen LogP contribution in [0.1, 0.15) is 6.92 Å². The van der Waals surface area contributed by atoms with Crippen LogP contribution in [-0.2, 0) is 0 Å². The summed E-state index contributed by atoms with van der Waals surface area (Å²) in [4.78, 5) is 32.2. The number of ether oxygens (including phenoxy) is 1. The quantitative estimate of drug-likeness (QED) is 0.512. The van der Waals surface area contributed by atoms with Crippen molar-refractivity contribution in [3.8, 4) is 5.75 Å². The molecule has 3 rings (SSSR count). The van der Waals surface area contributed by atoms with Gasteiger partial charge in [-0.15, -0.1) is 0 Å². The van der Waals surface area contributed by atoms with Crippen LogP contribution < -0.4 is 10.1 Å². The Labute approximate surface area is 149 Å². The monoisotopic (exact) mass is 378 g/mol. The third kappa shape index (κ3) is 2.97. The molecule has 0 unspecified atom stereocenters. The molecule has 0 fully saturated rings. The van der Waals surface area contributed by atoms with E-state index in [1.54, 1.807) is 6.92 Å². The molecule has 1 aliphatic rings. The number of non-ortho nitro benzene ring substituents is 1. The first-order chi connectivity index (χ1) is 12.3. The Hall–Kier alpha value is -3.41. The number of hydrogen-bond donors (Lipinski definition) is 1. The fourth-order valence-corrected chi connectivity index (χ4v) is 3.57. The Kier molecular flexibility index (Phi) is 4.34. The van der Waals surface area contributed by atoms with Crippen molar-refractivity contribution in [1.82, 2.24) is 0 Å². The van der Waals surface area contributed by atoms with Gasteiger partial charge in [0.05, 0.1) is 33.5 Å². The number of anilines is 2. The molecular formula is C14H10N4O7S. The van der Waals surface area contributed by atoms with Crippen molar-refractivity contribution in [2.75, 3.05) is 11.9 Å². The summed E-state index contributed by atoms with van der Waals surface area (Å²) in [5.74, 6) is 0.260. The lowest BCUT2D eigenvalue weighted by Crippen LogP contribution is -2.07. The van der Waals surface area contributed by atoms with Gasteiger partial charge in [-0.1, -0.05) is 11.8 Å². The number of nitro benzene ring substituents is 3. The summed E-state index contributed by atoms with van der Waals surface area (Å²) >= 11 is 0.961. The van der Waals surface area contributed by atoms with Crippen LogP contribution in [0.4, 0.5) is 28.4 Å². The molecule has 2 aromatic rings. The summed E-state index contributed by atoms with van der Waals surface area (Å²) in [5, 5.41) is 36.4. The van der Waals surface area contributed by atoms with E-state index in [0.717, 1.165) is 17.8 Å². The number of rotatable bonds is 5. The number of benzene rings is 2. The molecule has 1 heterocycles. The predicted octanol–water partition coefficient (Wildman–Crippen LogP) is 4.02. The van der Waals surface area contributed by atoms with E-state index >= 15 is 0 Å². The molecule has 11 nitrogen and oxygen atoms in total. The molecule has 0 bridgehead atoms. The lowest BCUT2D eigenvalue weighted by atomic mass is 10.2. The zero-order valence-corrected chi connectivity index (χ0v) is 13.9. The minimum Gasteiger partial charge on any atom is -0.494 e.